The van der Waals surface area contributed by atoms with Gasteiger partial charge in [-0.3, -0.25) is 9.59 Å². The first-order chi connectivity index (χ1) is 9.34. The summed E-state index contributed by atoms with van der Waals surface area (Å²) in [5.41, 5.74) is 0.0429. The predicted octanol–water partition coefficient (Wildman–Crippen LogP) is 1.42. The number of nitrogens with one attached hydrogen (secondary N) is 1. The number of rotatable bonds is 3. The number of hydrogen-bond acceptors (Lipinski definition) is 3. The molecule has 1 aromatic rings. The molecule has 0 spiro atoms. The van der Waals surface area contributed by atoms with Crippen molar-refractivity contribution in [2.75, 3.05) is 0 Å². The van der Waals surface area contributed by atoms with Gasteiger partial charge in [0.1, 0.15) is 0 Å². The van der Waals surface area contributed by atoms with E-state index in [0.717, 1.165) is 0 Å². The third-order valence-corrected chi connectivity index (χ3v) is 8.43. The molecule has 1 N–H and O–H groups in total. The lowest BCUT2D eigenvalue weighted by atomic mass is 10.2. The van der Waals surface area contributed by atoms with E-state index < -0.39 is 20.1 Å². The van der Waals surface area contributed by atoms with Crippen molar-refractivity contribution < 1.29 is 14.3 Å². The predicted molar refractivity (Wildman–Crippen MR) is 80.5 cm³/mol. The van der Waals surface area contributed by atoms with Crippen LogP contribution in [0.1, 0.15) is 13.8 Å². The minimum Gasteiger partial charge on any atom is -0.452 e. The molecule has 0 saturated carbocycles. The lowest BCUT2D eigenvalue weighted by molar-refractivity contribution is -0.151. The minimum atomic E-state index is -1.94. The van der Waals surface area contributed by atoms with Gasteiger partial charge < -0.3 is 10.1 Å². The largest absolute Gasteiger partial charge is 0.452 e. The first-order valence-corrected chi connectivity index (χ1v) is 9.95. The molecule has 2 rings (SSSR count). The molecule has 108 valence electrons. The first-order valence-electron chi connectivity index (χ1n) is 6.87. The normalized spacial score (nSPS) is 26.2. The molecule has 0 aliphatic carbocycles. The Morgan fingerprint density at radius 2 is 1.85 bits per heavy atom. The van der Waals surface area contributed by atoms with E-state index in [1.165, 1.54) is 12.1 Å². The maximum Gasteiger partial charge on any atom is 0.303 e. The van der Waals surface area contributed by atoms with Crippen LogP contribution in [0.2, 0.25) is 18.6 Å². The molecule has 1 aliphatic heterocycles. The Balaban J connectivity index is 2.37. The Labute approximate surface area is 120 Å². The van der Waals surface area contributed by atoms with E-state index in [0.29, 0.717) is 0 Å². The minimum absolute atomic E-state index is 0.0220. The number of ether oxygens (including phenoxy) is 1. The second-order valence-electron chi connectivity index (χ2n) is 5.94. The highest BCUT2D eigenvalue weighted by Gasteiger charge is 2.51. The average Bonchev–Trinajstić information content (AvgIpc) is 2.65. The average molecular weight is 291 g/mol. The summed E-state index contributed by atoms with van der Waals surface area (Å²) in [5.74, 6) is -0.573. The van der Waals surface area contributed by atoms with Gasteiger partial charge in [-0.25, -0.2) is 0 Å². The molecule has 1 saturated heterocycles. The van der Waals surface area contributed by atoms with E-state index in [2.05, 4.69) is 30.5 Å². The zero-order chi connectivity index (χ0) is 14.9. The second kappa shape index (κ2) is 5.40. The highest BCUT2D eigenvalue weighted by Crippen LogP contribution is 2.35. The molecule has 0 unspecified atom stereocenters. The van der Waals surface area contributed by atoms with E-state index in [-0.39, 0.29) is 17.5 Å². The van der Waals surface area contributed by atoms with Gasteiger partial charge in [0.15, 0.2) is 6.10 Å². The monoisotopic (exact) mass is 291 g/mol. The number of carbonyl (C=O) groups is 2. The lowest BCUT2D eigenvalue weighted by Crippen LogP contribution is -2.52. The Bertz CT molecular complexity index is 515. The van der Waals surface area contributed by atoms with E-state index in [1.807, 2.05) is 25.1 Å². The van der Waals surface area contributed by atoms with Crippen LogP contribution in [0.3, 0.4) is 0 Å². The summed E-state index contributed by atoms with van der Waals surface area (Å²) in [5, 5.41) is 4.19. The van der Waals surface area contributed by atoms with Crippen molar-refractivity contribution in [1.29, 1.82) is 0 Å². The molecule has 1 amide bonds. The molecule has 1 heterocycles. The van der Waals surface area contributed by atoms with Crippen molar-refractivity contribution in [3.05, 3.63) is 30.3 Å². The van der Waals surface area contributed by atoms with Crippen LogP contribution in [0, 0.1) is 0 Å². The van der Waals surface area contributed by atoms with Crippen LogP contribution in [0.4, 0.5) is 0 Å². The summed E-state index contributed by atoms with van der Waals surface area (Å²) in [4.78, 5) is 23.3. The summed E-state index contributed by atoms with van der Waals surface area (Å²) in [7, 11) is -1.94. The fourth-order valence-electron chi connectivity index (χ4n) is 3.19. The molecule has 5 heteroatoms. The molecule has 0 aromatic heterocycles. The summed E-state index contributed by atoms with van der Waals surface area (Å²) in [6.07, 6.45) is -0.663. The Morgan fingerprint density at radius 1 is 1.25 bits per heavy atom. The summed E-state index contributed by atoms with van der Waals surface area (Å²) >= 11 is 0. The smallest absolute Gasteiger partial charge is 0.303 e. The fraction of sp³-hybridized carbons (Fsp3) is 0.467. The van der Waals surface area contributed by atoms with Crippen molar-refractivity contribution in [2.45, 2.75) is 44.6 Å². The van der Waals surface area contributed by atoms with Gasteiger partial charge in [0, 0.05) is 18.5 Å². The van der Waals surface area contributed by atoms with Crippen molar-refractivity contribution in [3.63, 3.8) is 0 Å². The van der Waals surface area contributed by atoms with E-state index in [4.69, 9.17) is 4.74 Å². The van der Waals surface area contributed by atoms with Crippen molar-refractivity contribution in [2.24, 2.45) is 0 Å². The Kier molecular flexibility index (Phi) is 3.99. The van der Waals surface area contributed by atoms with Gasteiger partial charge in [-0.2, -0.15) is 0 Å². The van der Waals surface area contributed by atoms with Gasteiger partial charge in [0.05, 0.1) is 8.07 Å². The third-order valence-electron chi connectivity index (χ3n) is 4.14. The van der Waals surface area contributed by atoms with Gasteiger partial charge in [0.25, 0.3) is 5.91 Å². The fourth-order valence-corrected chi connectivity index (χ4v) is 6.94. The molecule has 0 bridgehead atoms. The Morgan fingerprint density at radius 3 is 2.40 bits per heavy atom. The summed E-state index contributed by atoms with van der Waals surface area (Å²) in [6.45, 7) is 7.79. The van der Waals surface area contributed by atoms with Gasteiger partial charge >= 0.3 is 5.97 Å². The van der Waals surface area contributed by atoms with Crippen molar-refractivity contribution in [1.82, 2.24) is 5.32 Å². The van der Waals surface area contributed by atoms with Crippen molar-refractivity contribution >= 4 is 25.1 Å². The molecular weight excluding hydrogens is 270 g/mol. The van der Waals surface area contributed by atoms with Gasteiger partial charge in [-0.1, -0.05) is 48.6 Å². The van der Waals surface area contributed by atoms with Crippen LogP contribution < -0.4 is 10.5 Å². The van der Waals surface area contributed by atoms with Crippen LogP contribution >= 0.6 is 0 Å². The number of hydrogen-bond donors (Lipinski definition) is 1. The lowest BCUT2D eigenvalue weighted by Gasteiger charge is -2.34. The molecule has 1 fully saturated rings. The van der Waals surface area contributed by atoms with Crippen LogP contribution in [-0.4, -0.2) is 32.1 Å². The first kappa shape index (κ1) is 14.8. The summed E-state index contributed by atoms with van der Waals surface area (Å²) in [6, 6.07) is 10.2. The van der Waals surface area contributed by atoms with Crippen LogP contribution in [0.5, 0.6) is 0 Å². The molecule has 1 aromatic carbocycles. The van der Waals surface area contributed by atoms with Gasteiger partial charge in [-0.15, -0.1) is 0 Å². The van der Waals surface area contributed by atoms with Crippen LogP contribution in [0.25, 0.3) is 0 Å². The van der Waals surface area contributed by atoms with E-state index >= 15 is 0 Å². The molecule has 20 heavy (non-hydrogen) atoms. The second-order valence-corrected chi connectivity index (χ2v) is 10.6. The summed E-state index contributed by atoms with van der Waals surface area (Å²) < 4.78 is 5.30. The highest BCUT2D eigenvalue weighted by atomic mass is 28.3. The molecule has 4 nitrogen and oxygen atoms in total. The maximum absolute atomic E-state index is 12.0. The Hall–Kier alpha value is -1.62. The van der Waals surface area contributed by atoms with Gasteiger partial charge in [-0.05, 0) is 6.92 Å². The zero-order valence-electron chi connectivity index (χ0n) is 12.3. The number of benzene rings is 1. The van der Waals surface area contributed by atoms with Crippen LogP contribution in [0.15, 0.2) is 30.3 Å². The molecular formula is C15H21NO3Si. The van der Waals surface area contributed by atoms with Gasteiger partial charge in [0.2, 0.25) is 0 Å². The molecule has 3 atom stereocenters. The maximum atomic E-state index is 12.0. The third kappa shape index (κ3) is 2.63. The molecule has 1 aliphatic rings. The number of amides is 1. The topological polar surface area (TPSA) is 55.4 Å². The number of esters is 1. The standard InChI is InChI=1S/C15H21NO3Si/c1-10-14(13(15(18)16-10)19-11(2)17)20(3,4)12-8-6-5-7-9-12/h5-10,13-14H,1-4H3,(H,16,18)/t10-,13+,14-/m1/s1. The van der Waals surface area contributed by atoms with Crippen LogP contribution in [-0.2, 0) is 14.3 Å². The SMILES string of the molecule is CC(=O)O[C@@H]1C(=O)N[C@H](C)[C@H]1[Si](C)(C)c1ccccc1. The van der Waals surface area contributed by atoms with E-state index in [1.54, 1.807) is 0 Å². The quantitative estimate of drug-likeness (QED) is 0.677. The highest BCUT2D eigenvalue weighted by molar-refractivity contribution is 6.91. The zero-order valence-corrected chi connectivity index (χ0v) is 13.3. The van der Waals surface area contributed by atoms with E-state index in [9.17, 15) is 9.59 Å². The van der Waals surface area contributed by atoms with Crippen molar-refractivity contribution in [3.8, 4) is 0 Å². The number of carbonyl (C=O) groups excluding carboxylic acids is 2. The molecule has 0 radical (unpaired) electrons.